The third kappa shape index (κ3) is 3.09. The van der Waals surface area contributed by atoms with E-state index in [4.69, 9.17) is 0 Å². The minimum absolute atomic E-state index is 0.878. The standard InChI is InChI=1S/C24H34/c1-16(2)19-11-8-18(9-12-19)14-21-5-4-6-22-15-20-10-7-17(3)13-23(20)24(21)22/h4-6,16-19H,7-15H2,1-3H3/t17-,18?,19?/m1/s1. The Morgan fingerprint density at radius 2 is 1.83 bits per heavy atom. The first-order valence-electron chi connectivity index (χ1n) is 10.4. The molecule has 1 aromatic rings. The van der Waals surface area contributed by atoms with Crippen LogP contribution in [0.2, 0.25) is 0 Å². The van der Waals surface area contributed by atoms with Gasteiger partial charge in [0.25, 0.3) is 0 Å². The third-order valence-electron chi connectivity index (χ3n) is 7.20. The van der Waals surface area contributed by atoms with Crippen molar-refractivity contribution in [3.05, 3.63) is 40.5 Å². The van der Waals surface area contributed by atoms with Crippen molar-refractivity contribution in [1.82, 2.24) is 0 Å². The van der Waals surface area contributed by atoms with E-state index in [1.54, 1.807) is 27.8 Å². The minimum atomic E-state index is 0.878. The molecule has 3 aliphatic carbocycles. The van der Waals surface area contributed by atoms with E-state index in [2.05, 4.69) is 39.0 Å². The molecule has 0 aliphatic heterocycles. The van der Waals surface area contributed by atoms with Crippen LogP contribution in [0.4, 0.5) is 0 Å². The summed E-state index contributed by atoms with van der Waals surface area (Å²) in [4.78, 5) is 0. The number of hydrogen-bond donors (Lipinski definition) is 0. The van der Waals surface area contributed by atoms with Gasteiger partial charge in [0.2, 0.25) is 0 Å². The number of hydrogen-bond acceptors (Lipinski definition) is 0. The Balaban J connectivity index is 1.52. The van der Waals surface area contributed by atoms with Gasteiger partial charge < -0.3 is 0 Å². The fourth-order valence-electron chi connectivity index (χ4n) is 5.60. The van der Waals surface area contributed by atoms with E-state index in [9.17, 15) is 0 Å². The summed E-state index contributed by atoms with van der Waals surface area (Å²) in [5.41, 5.74) is 8.56. The Labute approximate surface area is 148 Å². The maximum atomic E-state index is 2.45. The molecule has 1 fully saturated rings. The molecule has 4 rings (SSSR count). The van der Waals surface area contributed by atoms with Crippen LogP contribution in [-0.2, 0) is 12.8 Å². The largest absolute Gasteiger partial charge is 0.0625 e. The molecule has 24 heavy (non-hydrogen) atoms. The minimum Gasteiger partial charge on any atom is -0.0625 e. The van der Waals surface area contributed by atoms with Crippen molar-refractivity contribution < 1.29 is 0 Å². The average Bonchev–Trinajstić information content (AvgIpc) is 2.94. The molecule has 0 saturated heterocycles. The third-order valence-corrected chi connectivity index (χ3v) is 7.20. The molecule has 0 spiro atoms. The summed E-state index contributed by atoms with van der Waals surface area (Å²) < 4.78 is 0. The molecule has 0 aromatic heterocycles. The second kappa shape index (κ2) is 6.70. The first kappa shape index (κ1) is 16.4. The fraction of sp³-hybridized carbons (Fsp3) is 0.667. The van der Waals surface area contributed by atoms with Crippen LogP contribution in [0.25, 0.3) is 5.57 Å². The zero-order chi connectivity index (χ0) is 16.7. The van der Waals surface area contributed by atoms with E-state index >= 15 is 0 Å². The quantitative estimate of drug-likeness (QED) is 0.572. The predicted octanol–water partition coefficient (Wildman–Crippen LogP) is 6.82. The zero-order valence-electron chi connectivity index (χ0n) is 15.9. The summed E-state index contributed by atoms with van der Waals surface area (Å²) in [7, 11) is 0. The van der Waals surface area contributed by atoms with Gasteiger partial charge in [-0.05, 0) is 104 Å². The van der Waals surface area contributed by atoms with Gasteiger partial charge in [0.15, 0.2) is 0 Å². The fourth-order valence-corrected chi connectivity index (χ4v) is 5.60. The molecule has 0 amide bonds. The van der Waals surface area contributed by atoms with Crippen molar-refractivity contribution in [3.8, 4) is 0 Å². The first-order valence-corrected chi connectivity index (χ1v) is 10.4. The van der Waals surface area contributed by atoms with Crippen LogP contribution >= 0.6 is 0 Å². The van der Waals surface area contributed by atoms with Gasteiger partial charge in [-0.3, -0.25) is 0 Å². The lowest BCUT2D eigenvalue weighted by Crippen LogP contribution is -2.20. The van der Waals surface area contributed by atoms with Gasteiger partial charge in [-0.15, -0.1) is 0 Å². The van der Waals surface area contributed by atoms with Crippen molar-refractivity contribution in [2.75, 3.05) is 0 Å². The molecule has 1 atom stereocenters. The summed E-state index contributed by atoms with van der Waals surface area (Å²) in [5, 5.41) is 0. The highest BCUT2D eigenvalue weighted by molar-refractivity contribution is 5.79. The van der Waals surface area contributed by atoms with E-state index in [1.165, 1.54) is 57.8 Å². The van der Waals surface area contributed by atoms with Gasteiger partial charge in [-0.1, -0.05) is 44.5 Å². The van der Waals surface area contributed by atoms with Gasteiger partial charge in [0.05, 0.1) is 0 Å². The van der Waals surface area contributed by atoms with Crippen LogP contribution in [0.5, 0.6) is 0 Å². The van der Waals surface area contributed by atoms with Crippen molar-refractivity contribution in [1.29, 1.82) is 0 Å². The number of fused-ring (bicyclic) bond motifs is 2. The second-order valence-corrected chi connectivity index (χ2v) is 9.29. The molecule has 0 heteroatoms. The van der Waals surface area contributed by atoms with Crippen LogP contribution in [0.1, 0.15) is 82.4 Å². The predicted molar refractivity (Wildman–Crippen MR) is 104 cm³/mol. The molecule has 3 aliphatic rings. The van der Waals surface area contributed by atoms with Crippen LogP contribution in [0, 0.1) is 23.7 Å². The molecule has 130 valence electrons. The molecule has 0 nitrogen and oxygen atoms in total. The van der Waals surface area contributed by atoms with E-state index in [0.29, 0.717) is 0 Å². The van der Waals surface area contributed by atoms with E-state index in [1.807, 2.05) is 0 Å². The van der Waals surface area contributed by atoms with Crippen molar-refractivity contribution >= 4 is 5.57 Å². The molecule has 0 unspecified atom stereocenters. The summed E-state index contributed by atoms with van der Waals surface area (Å²) in [5.74, 6) is 3.67. The highest BCUT2D eigenvalue weighted by atomic mass is 14.3. The van der Waals surface area contributed by atoms with E-state index in [-0.39, 0.29) is 0 Å². The zero-order valence-corrected chi connectivity index (χ0v) is 15.9. The van der Waals surface area contributed by atoms with Crippen LogP contribution < -0.4 is 0 Å². The molecule has 1 saturated carbocycles. The van der Waals surface area contributed by atoms with Crippen molar-refractivity contribution in [2.24, 2.45) is 23.7 Å². The lowest BCUT2D eigenvalue weighted by atomic mass is 9.74. The Kier molecular flexibility index (Phi) is 4.58. The van der Waals surface area contributed by atoms with Gasteiger partial charge in [0, 0.05) is 0 Å². The normalized spacial score (nSPS) is 29.8. The molecule has 1 aromatic carbocycles. The molecule has 0 bridgehead atoms. The van der Waals surface area contributed by atoms with Gasteiger partial charge in [0.1, 0.15) is 0 Å². The Morgan fingerprint density at radius 3 is 2.58 bits per heavy atom. The highest BCUT2D eigenvalue weighted by Crippen LogP contribution is 2.46. The topological polar surface area (TPSA) is 0 Å². The number of rotatable bonds is 3. The molecular formula is C24H34. The highest BCUT2D eigenvalue weighted by Gasteiger charge is 2.30. The maximum absolute atomic E-state index is 2.45. The Morgan fingerprint density at radius 1 is 1.04 bits per heavy atom. The average molecular weight is 323 g/mol. The van der Waals surface area contributed by atoms with Crippen molar-refractivity contribution in [2.45, 2.75) is 78.6 Å². The van der Waals surface area contributed by atoms with Crippen LogP contribution in [0.15, 0.2) is 23.8 Å². The monoisotopic (exact) mass is 322 g/mol. The van der Waals surface area contributed by atoms with Crippen LogP contribution in [-0.4, -0.2) is 0 Å². The smallest absolute Gasteiger partial charge is 0.00549 e. The van der Waals surface area contributed by atoms with Crippen molar-refractivity contribution in [3.63, 3.8) is 0 Å². The SMILES string of the molecule is CC(C)C1CCC(Cc2cccc3c2C2=C(CC[C@@H](C)C2)C3)CC1. The lowest BCUT2D eigenvalue weighted by molar-refractivity contribution is 0.223. The van der Waals surface area contributed by atoms with Gasteiger partial charge in [-0.2, -0.15) is 0 Å². The van der Waals surface area contributed by atoms with Gasteiger partial charge >= 0.3 is 0 Å². The van der Waals surface area contributed by atoms with Gasteiger partial charge in [-0.25, -0.2) is 0 Å². The molecule has 0 radical (unpaired) electrons. The number of allylic oxidation sites excluding steroid dienone is 2. The molecule has 0 N–H and O–H groups in total. The van der Waals surface area contributed by atoms with Crippen LogP contribution in [0.3, 0.4) is 0 Å². The Hall–Kier alpha value is -1.04. The van der Waals surface area contributed by atoms with E-state index < -0.39 is 0 Å². The summed E-state index contributed by atoms with van der Waals surface area (Å²) in [6.07, 6.45) is 12.5. The summed E-state index contributed by atoms with van der Waals surface area (Å²) >= 11 is 0. The molecular weight excluding hydrogens is 288 g/mol. The van der Waals surface area contributed by atoms with E-state index in [0.717, 1.165) is 23.7 Å². The lowest BCUT2D eigenvalue weighted by Gasteiger charge is -2.31. The maximum Gasteiger partial charge on any atom is -0.00549 e. The Bertz CT molecular complexity index is 625. The number of benzene rings is 1. The summed E-state index contributed by atoms with van der Waals surface area (Å²) in [6, 6.07) is 7.18. The summed E-state index contributed by atoms with van der Waals surface area (Å²) in [6.45, 7) is 7.26. The second-order valence-electron chi connectivity index (χ2n) is 9.29. The molecule has 0 heterocycles. The first-order chi connectivity index (χ1) is 11.6.